The molecule has 9 aromatic rings. The molecular formula is C117H153NO15S. The van der Waals surface area contributed by atoms with Gasteiger partial charge in [0.1, 0.15) is 67.5 Å². The number of aryl methyl sites for hydroxylation is 1. The highest BCUT2D eigenvalue weighted by Crippen LogP contribution is 2.49. The number of fused-ring (bicyclic) bond motifs is 9. The molecule has 134 heavy (non-hydrogen) atoms. The van der Waals surface area contributed by atoms with E-state index >= 15 is 0 Å². The molecule has 0 aromatic heterocycles. The Morgan fingerprint density at radius 3 is 1.15 bits per heavy atom. The van der Waals surface area contributed by atoms with Gasteiger partial charge in [0.15, 0.2) is 11.2 Å². The molecule has 722 valence electrons. The summed E-state index contributed by atoms with van der Waals surface area (Å²) in [6, 6.07) is 55.5. The minimum Gasteiger partial charge on any atom is -0.488 e. The number of carbonyl (C=O) groups excluding carboxylic acids is 5. The van der Waals surface area contributed by atoms with Gasteiger partial charge in [-0.3, -0.25) is 24.0 Å². The van der Waals surface area contributed by atoms with Crippen molar-refractivity contribution in [3.63, 3.8) is 0 Å². The molecule has 9 aromatic carbocycles. The van der Waals surface area contributed by atoms with Crippen LogP contribution in [0.25, 0.3) is 0 Å². The Morgan fingerprint density at radius 2 is 0.634 bits per heavy atom. The predicted molar refractivity (Wildman–Crippen MR) is 544 cm³/mol. The molecule has 0 saturated carbocycles. The number of nitrogens with one attached hydrogen (secondary N) is 1. The van der Waals surface area contributed by atoms with E-state index in [4.69, 9.17) is 37.3 Å². The summed E-state index contributed by atoms with van der Waals surface area (Å²) in [5.74, 6) is 11.0. The molecule has 0 atom stereocenters. The fourth-order valence-corrected chi connectivity index (χ4v) is 18.1. The molecule has 1 amide bonds. The van der Waals surface area contributed by atoms with Crippen LogP contribution < -0.4 is 42.7 Å². The fourth-order valence-electron chi connectivity index (χ4n) is 17.0. The van der Waals surface area contributed by atoms with Gasteiger partial charge in [0, 0.05) is 35.2 Å². The summed E-state index contributed by atoms with van der Waals surface area (Å²) in [6.45, 7) is 73.9. The second kappa shape index (κ2) is 40.0. The fraction of sp³-hybridized carbons (Fsp3) is 0.496. The molecule has 17 heteroatoms. The number of Topliss-reactive ketones (excluding diaryl/α,β-unsaturated/α-hetero) is 2. The minimum atomic E-state index is -3.53. The lowest BCUT2D eigenvalue weighted by Gasteiger charge is -2.33. The summed E-state index contributed by atoms with van der Waals surface area (Å²) in [4.78, 5) is 58.8. The third kappa shape index (κ3) is 23.9. The lowest BCUT2D eigenvalue weighted by atomic mass is 9.84. The first-order valence-corrected chi connectivity index (χ1v) is 49.7. The van der Waals surface area contributed by atoms with Crippen LogP contribution >= 0.6 is 0 Å². The van der Waals surface area contributed by atoms with Gasteiger partial charge in [0.25, 0.3) is 0 Å². The minimum absolute atomic E-state index is 0.00630. The molecule has 0 bridgehead atoms. The maximum atomic E-state index is 12.0. The Balaban J connectivity index is 0.000000156. The third-order valence-electron chi connectivity index (χ3n) is 26.8. The van der Waals surface area contributed by atoms with Crippen molar-refractivity contribution in [3.05, 3.63) is 264 Å². The Kier molecular flexibility index (Phi) is 31.5. The van der Waals surface area contributed by atoms with Gasteiger partial charge in [-0.05, 0) is 330 Å². The monoisotopic (exact) mass is 1840 g/mol. The van der Waals surface area contributed by atoms with Gasteiger partial charge in [-0.1, -0.05) is 222 Å². The van der Waals surface area contributed by atoms with E-state index in [9.17, 15) is 32.4 Å². The number of benzene rings is 9. The second-order valence-electron chi connectivity index (χ2n) is 45.1. The highest BCUT2D eigenvalue weighted by atomic mass is 32.2. The van der Waals surface area contributed by atoms with Gasteiger partial charge in [0.05, 0.1) is 27.4 Å². The van der Waals surface area contributed by atoms with Crippen LogP contribution in [0.4, 0.5) is 5.69 Å². The van der Waals surface area contributed by atoms with Crippen LogP contribution in [0.5, 0.6) is 46.0 Å². The molecule has 9 aliphatic rings. The zero-order chi connectivity index (χ0) is 100.0. The Morgan fingerprint density at radius 1 is 0.284 bits per heavy atom. The van der Waals surface area contributed by atoms with Crippen molar-refractivity contribution in [1.29, 1.82) is 0 Å². The quantitative estimate of drug-likeness (QED) is 0.0810. The van der Waals surface area contributed by atoms with Gasteiger partial charge < -0.3 is 42.7 Å². The van der Waals surface area contributed by atoms with Gasteiger partial charge in [-0.2, -0.15) is 8.42 Å². The lowest BCUT2D eigenvalue weighted by Crippen LogP contribution is -2.32. The summed E-state index contributed by atoms with van der Waals surface area (Å²) >= 11 is 0. The average molecular weight is 1850 g/mol. The first-order valence-electron chi connectivity index (χ1n) is 48.3. The summed E-state index contributed by atoms with van der Waals surface area (Å²) in [7, 11) is -3.53. The molecule has 0 saturated heterocycles. The van der Waals surface area contributed by atoms with E-state index in [2.05, 4.69) is 250 Å². The number of hydrogen-bond donors (Lipinski definition) is 1. The number of ketones is 2. The number of rotatable bonds is 9. The molecule has 1 N–H and O–H groups in total. The summed E-state index contributed by atoms with van der Waals surface area (Å²) in [5.41, 5.74) is 19.0. The number of hydrogen-bond acceptors (Lipinski definition) is 15. The number of anilines is 1. The number of amides is 1. The molecule has 16 nitrogen and oxygen atoms in total. The molecule has 9 heterocycles. The van der Waals surface area contributed by atoms with E-state index in [-0.39, 0.29) is 51.6 Å². The Labute approximate surface area is 802 Å². The summed E-state index contributed by atoms with van der Waals surface area (Å²) < 4.78 is 67.1. The first kappa shape index (κ1) is 106. The topological polar surface area (TPSA) is 205 Å². The summed E-state index contributed by atoms with van der Waals surface area (Å²) in [5, 5.41) is 2.91. The molecule has 0 spiro atoms. The molecule has 0 unspecified atom stereocenters. The molecule has 0 fully saturated rings. The smallest absolute Gasteiger partial charge is 0.321 e. The first-order chi connectivity index (χ1) is 61.8. The average Bonchev–Trinajstić information content (AvgIpc) is 1.58. The predicted octanol–water partition coefficient (Wildman–Crippen LogP) is 29.1. The van der Waals surface area contributed by atoms with Crippen molar-refractivity contribution < 1.29 is 69.7 Å². The van der Waals surface area contributed by atoms with Crippen LogP contribution in [-0.4, -0.2) is 65.8 Å². The van der Waals surface area contributed by atoms with Crippen molar-refractivity contribution >= 4 is 45.2 Å². The Bertz CT molecular complexity index is 5810. The third-order valence-corrected chi connectivity index (χ3v) is 28.6. The van der Waals surface area contributed by atoms with Crippen LogP contribution in [-0.2, 0) is 64.8 Å². The van der Waals surface area contributed by atoms with Crippen molar-refractivity contribution in [2.24, 2.45) is 0 Å². The van der Waals surface area contributed by atoms with E-state index in [0.717, 1.165) is 105 Å². The second-order valence-corrected chi connectivity index (χ2v) is 47.2. The van der Waals surface area contributed by atoms with Gasteiger partial charge in [0.2, 0.25) is 17.5 Å². The SMILES string of the molecule is CC(C)c1ccc2c(c1)C(=O)C(C)(C)O2.CC(C)c1ccc2c(c1)C(C)(C)C(=O)N2.CC(C)c1ccc2c(c1)C(C)(C)C(=O)O2.CC(C)c1ccc2c(c1)C(C)(C)S(=O)(=O)O2.CC(C)c1ccc2c(c1)CC(C)(C)O2.CC(C)c1ccc2c(c1)CCC(C)(C)O2.CC(C)c1ccc2c(c1)OC(=O)C2(C)C.CC(C)c1ccc2c(c1)OC(C)(C)C2.CC(C)c1ccc2c(c1)OC(C)(C)C2=O. The number of ether oxygens (including phenoxy) is 7. The van der Waals surface area contributed by atoms with Crippen LogP contribution in [0.3, 0.4) is 0 Å². The van der Waals surface area contributed by atoms with Gasteiger partial charge >= 0.3 is 22.1 Å². The molecule has 0 aliphatic carbocycles. The van der Waals surface area contributed by atoms with Crippen LogP contribution in [0.1, 0.15) is 419 Å². The maximum Gasteiger partial charge on any atom is 0.321 e. The van der Waals surface area contributed by atoms with Crippen molar-refractivity contribution in [3.8, 4) is 46.0 Å². The highest BCUT2D eigenvalue weighted by molar-refractivity contribution is 7.88. The van der Waals surface area contributed by atoms with Crippen LogP contribution in [0.2, 0.25) is 0 Å². The van der Waals surface area contributed by atoms with Crippen molar-refractivity contribution in [2.75, 3.05) is 5.32 Å². The van der Waals surface area contributed by atoms with E-state index in [1.165, 1.54) is 61.2 Å². The van der Waals surface area contributed by atoms with E-state index in [1.54, 1.807) is 19.9 Å². The zero-order valence-corrected chi connectivity index (χ0v) is 88.0. The standard InChI is InChI=1S/C14H20O.C13H17NO.4C13H16O2.2C13H18O.C12H16O3S/c1-10(2)11-5-6-13-12(9-11)7-8-14(3,4)15-13;1-8(2)9-5-6-11-10(7-9)13(3,4)12(15)14-11;1-8(2)9-5-6-11-10(7-9)13(3,4)12(14)15-11;1-8(2)9-5-6-11-10(7-9)12(14)13(3,4)15-11;1-8(2)9-5-6-10-11(7-9)15-12(14)13(10,3)4;1-8(2)9-5-6-10-11(7-9)15-13(3,4)12(10)14;1-9(2)10-5-6-12-11(7-10)8-13(3,4)14-12;1-9(2)10-5-6-11-8-13(3,4)14-12(11)7-10;1-8(2)9-5-6-11-10(7-9)12(3,4)16(13,14)15-11/h5-6,9-10H,7-8H2,1-4H3;5-8H,1-4H3,(H,14,15);4*5-8H,1-4H3;2*5-7,9H,8H2,1-4H3;5-8H,1-4H3. The number of carbonyl (C=O) groups is 5. The van der Waals surface area contributed by atoms with Crippen LogP contribution in [0, 0.1) is 0 Å². The van der Waals surface area contributed by atoms with E-state index in [1.807, 2.05) is 148 Å². The largest absolute Gasteiger partial charge is 0.488 e. The summed E-state index contributed by atoms with van der Waals surface area (Å²) in [6.07, 6.45) is 4.31. The molecule has 9 aliphatic heterocycles. The van der Waals surface area contributed by atoms with Crippen molar-refractivity contribution in [1.82, 2.24) is 0 Å². The maximum absolute atomic E-state index is 12.0. The van der Waals surface area contributed by atoms with E-state index < -0.39 is 36.9 Å². The zero-order valence-electron chi connectivity index (χ0n) is 87.1. The van der Waals surface area contributed by atoms with Gasteiger partial charge in [-0.15, -0.1) is 0 Å². The lowest BCUT2D eigenvalue weighted by molar-refractivity contribution is -0.137. The van der Waals surface area contributed by atoms with E-state index in [0.29, 0.717) is 64.6 Å². The van der Waals surface area contributed by atoms with Crippen LogP contribution in [0.15, 0.2) is 164 Å². The Hall–Kier alpha value is -10.5. The molecule has 0 radical (unpaired) electrons. The highest BCUT2D eigenvalue weighted by Gasteiger charge is 2.48. The normalized spacial score (nSPS) is 18.3. The number of esters is 2. The van der Waals surface area contributed by atoms with Gasteiger partial charge in [-0.25, -0.2) is 0 Å². The van der Waals surface area contributed by atoms with Crippen molar-refractivity contribution in [2.45, 2.75) is 377 Å². The molecule has 18 rings (SSSR count). The molecular weight excluding hydrogens is 1690 g/mol.